The molecule has 4 fully saturated rings. The predicted molar refractivity (Wildman–Crippen MR) is 106 cm³/mol. The minimum absolute atomic E-state index is 0.553. The van der Waals surface area contributed by atoms with E-state index in [-0.39, 0.29) is 0 Å². The lowest BCUT2D eigenvalue weighted by atomic mass is 9.46. The van der Waals surface area contributed by atoms with Crippen LogP contribution in [0.1, 0.15) is 85.0 Å². The molecule has 5 aliphatic rings. The normalized spacial score (nSPS) is 52.0. The standard InChI is InChI=1S/C25H38/c1-16(2)21-9-10-22-20-8-7-19-15-18(17-5-6-17)11-13-24(19,3)23(20)12-14-25(21,22)4/h15,17-18,20-23H,1,5-14H2,2-4H3/t18-,20?,21+,22?,23?,24-,25+/m0/s1. The third-order valence-electron chi connectivity index (χ3n) is 9.97. The van der Waals surface area contributed by atoms with E-state index in [9.17, 15) is 0 Å². The van der Waals surface area contributed by atoms with Crippen molar-refractivity contribution in [1.29, 1.82) is 0 Å². The molecular weight excluding hydrogens is 300 g/mol. The molecule has 0 aromatic heterocycles. The summed E-state index contributed by atoms with van der Waals surface area (Å²) in [5, 5.41) is 0. The maximum absolute atomic E-state index is 4.38. The first-order valence-electron chi connectivity index (χ1n) is 11.3. The molecule has 0 heteroatoms. The van der Waals surface area contributed by atoms with Crippen LogP contribution in [0.5, 0.6) is 0 Å². The van der Waals surface area contributed by atoms with Gasteiger partial charge in [-0.25, -0.2) is 0 Å². The van der Waals surface area contributed by atoms with Crippen molar-refractivity contribution in [2.45, 2.75) is 85.0 Å². The summed E-state index contributed by atoms with van der Waals surface area (Å²) >= 11 is 0. The van der Waals surface area contributed by atoms with Crippen LogP contribution in [0.15, 0.2) is 23.8 Å². The SMILES string of the molecule is C=C(C)[C@H]1CCC2C3CCC4=C[C@@H](C5CC5)CC[C@]4(C)C3CC[C@@]21C. The summed E-state index contributed by atoms with van der Waals surface area (Å²) in [6.07, 6.45) is 17.6. The smallest absolute Gasteiger partial charge is 0.00851 e. The zero-order valence-corrected chi connectivity index (χ0v) is 16.8. The fourth-order valence-electron chi connectivity index (χ4n) is 8.46. The molecule has 0 heterocycles. The summed E-state index contributed by atoms with van der Waals surface area (Å²) in [4.78, 5) is 0. The van der Waals surface area contributed by atoms with Gasteiger partial charge in [0.2, 0.25) is 0 Å². The lowest BCUT2D eigenvalue weighted by Crippen LogP contribution is -2.50. The lowest BCUT2D eigenvalue weighted by Gasteiger charge is -2.59. The molecule has 3 unspecified atom stereocenters. The Morgan fingerprint density at radius 1 is 0.960 bits per heavy atom. The quantitative estimate of drug-likeness (QED) is 0.468. The molecule has 0 aliphatic heterocycles. The van der Waals surface area contributed by atoms with Crippen LogP contribution in [-0.2, 0) is 0 Å². The Balaban J connectivity index is 1.43. The van der Waals surface area contributed by atoms with Crippen molar-refractivity contribution in [1.82, 2.24) is 0 Å². The average Bonchev–Trinajstić information content (AvgIpc) is 3.35. The largest absolute Gasteiger partial charge is 0.0998 e. The van der Waals surface area contributed by atoms with Crippen LogP contribution >= 0.6 is 0 Å². The Hall–Kier alpha value is -0.520. The first-order chi connectivity index (χ1) is 11.9. The number of hydrogen-bond donors (Lipinski definition) is 0. The molecule has 7 atom stereocenters. The third kappa shape index (κ3) is 2.31. The summed E-state index contributed by atoms with van der Waals surface area (Å²) < 4.78 is 0. The van der Waals surface area contributed by atoms with Crippen molar-refractivity contribution in [3.63, 3.8) is 0 Å². The van der Waals surface area contributed by atoms with Crippen molar-refractivity contribution in [2.24, 2.45) is 46.3 Å². The second kappa shape index (κ2) is 5.49. The Kier molecular flexibility index (Phi) is 3.66. The second-order valence-electron chi connectivity index (χ2n) is 11.1. The van der Waals surface area contributed by atoms with Gasteiger partial charge in [0.15, 0.2) is 0 Å². The second-order valence-corrected chi connectivity index (χ2v) is 11.1. The first-order valence-corrected chi connectivity index (χ1v) is 11.3. The van der Waals surface area contributed by atoms with E-state index in [0.717, 1.165) is 35.5 Å². The molecule has 5 rings (SSSR count). The van der Waals surface area contributed by atoms with E-state index in [1.807, 2.05) is 5.57 Å². The van der Waals surface area contributed by atoms with Gasteiger partial charge in [0.25, 0.3) is 0 Å². The van der Waals surface area contributed by atoms with Crippen molar-refractivity contribution in [3.8, 4) is 0 Å². The maximum atomic E-state index is 4.38. The zero-order valence-electron chi connectivity index (χ0n) is 16.8. The minimum Gasteiger partial charge on any atom is -0.0998 e. The molecule has 0 N–H and O–H groups in total. The fourth-order valence-corrected chi connectivity index (χ4v) is 8.46. The van der Waals surface area contributed by atoms with Crippen LogP contribution in [-0.4, -0.2) is 0 Å². The van der Waals surface area contributed by atoms with Gasteiger partial charge in [0.1, 0.15) is 0 Å². The first kappa shape index (κ1) is 16.6. The highest BCUT2D eigenvalue weighted by atomic mass is 14.6. The lowest BCUT2D eigenvalue weighted by molar-refractivity contribution is -0.0484. The number of fused-ring (bicyclic) bond motifs is 5. The van der Waals surface area contributed by atoms with E-state index in [1.54, 1.807) is 0 Å². The van der Waals surface area contributed by atoms with Crippen molar-refractivity contribution < 1.29 is 0 Å². The van der Waals surface area contributed by atoms with Gasteiger partial charge in [-0.2, -0.15) is 0 Å². The third-order valence-corrected chi connectivity index (χ3v) is 9.97. The molecule has 138 valence electrons. The summed E-state index contributed by atoms with van der Waals surface area (Å²) in [6, 6.07) is 0. The Morgan fingerprint density at radius 3 is 2.48 bits per heavy atom. The van der Waals surface area contributed by atoms with E-state index in [0.29, 0.717) is 10.8 Å². The molecule has 25 heavy (non-hydrogen) atoms. The van der Waals surface area contributed by atoms with E-state index >= 15 is 0 Å². The monoisotopic (exact) mass is 338 g/mol. The topological polar surface area (TPSA) is 0 Å². The van der Waals surface area contributed by atoms with Crippen molar-refractivity contribution in [2.75, 3.05) is 0 Å². The van der Waals surface area contributed by atoms with Crippen LogP contribution in [0.2, 0.25) is 0 Å². The molecule has 0 nitrogen and oxygen atoms in total. The van der Waals surface area contributed by atoms with Crippen LogP contribution in [0.4, 0.5) is 0 Å². The van der Waals surface area contributed by atoms with Crippen LogP contribution in [0, 0.1) is 46.3 Å². The van der Waals surface area contributed by atoms with Crippen molar-refractivity contribution in [3.05, 3.63) is 23.8 Å². The summed E-state index contributed by atoms with van der Waals surface area (Å²) in [7, 11) is 0. The Labute approximate surface area is 155 Å². The highest BCUT2D eigenvalue weighted by molar-refractivity contribution is 5.26. The number of rotatable bonds is 2. The van der Waals surface area contributed by atoms with Crippen LogP contribution in [0.25, 0.3) is 0 Å². The maximum Gasteiger partial charge on any atom is -0.00851 e. The predicted octanol–water partition coefficient (Wildman–Crippen LogP) is 7.17. The zero-order chi connectivity index (χ0) is 17.4. The molecule has 0 spiro atoms. The van der Waals surface area contributed by atoms with E-state index < -0.39 is 0 Å². The minimum atomic E-state index is 0.553. The molecule has 0 bridgehead atoms. The summed E-state index contributed by atoms with van der Waals surface area (Å²) in [5.74, 6) is 5.78. The van der Waals surface area contributed by atoms with Gasteiger partial charge in [-0.3, -0.25) is 0 Å². The van der Waals surface area contributed by atoms with Gasteiger partial charge in [0.05, 0.1) is 0 Å². The molecule has 0 amide bonds. The highest BCUT2D eigenvalue weighted by Gasteiger charge is 2.59. The average molecular weight is 339 g/mol. The van der Waals surface area contributed by atoms with Gasteiger partial charge in [-0.15, -0.1) is 0 Å². The van der Waals surface area contributed by atoms with Gasteiger partial charge >= 0.3 is 0 Å². The summed E-state index contributed by atoms with van der Waals surface area (Å²) in [6.45, 7) is 12.0. The number of hydrogen-bond acceptors (Lipinski definition) is 0. The van der Waals surface area contributed by atoms with E-state index in [4.69, 9.17) is 0 Å². The van der Waals surface area contributed by atoms with E-state index in [1.165, 1.54) is 69.8 Å². The molecule has 4 saturated carbocycles. The Morgan fingerprint density at radius 2 is 1.76 bits per heavy atom. The molecular formula is C25H38. The molecule has 0 radical (unpaired) electrons. The van der Waals surface area contributed by atoms with Gasteiger partial charge in [-0.05, 0) is 117 Å². The molecule has 0 aromatic rings. The van der Waals surface area contributed by atoms with Gasteiger partial charge in [-0.1, -0.05) is 37.6 Å². The fraction of sp³-hybridized carbons (Fsp3) is 0.840. The molecule has 0 aromatic carbocycles. The van der Waals surface area contributed by atoms with Crippen LogP contribution in [0.3, 0.4) is 0 Å². The van der Waals surface area contributed by atoms with Gasteiger partial charge < -0.3 is 0 Å². The Bertz CT molecular complexity index is 608. The number of allylic oxidation sites excluding steroid dienone is 3. The summed E-state index contributed by atoms with van der Waals surface area (Å²) in [5.41, 5.74) is 4.48. The molecule has 5 aliphatic carbocycles. The highest BCUT2D eigenvalue weighted by Crippen LogP contribution is 2.68. The van der Waals surface area contributed by atoms with Gasteiger partial charge in [0, 0.05) is 0 Å². The van der Waals surface area contributed by atoms with Crippen LogP contribution < -0.4 is 0 Å². The van der Waals surface area contributed by atoms with Crippen molar-refractivity contribution >= 4 is 0 Å². The molecule has 0 saturated heterocycles. The van der Waals surface area contributed by atoms with E-state index in [2.05, 4.69) is 33.4 Å².